The number of nitrogens with one attached hydrogen (secondary N) is 1. The Balaban J connectivity index is 2.08. The van der Waals surface area contributed by atoms with Gasteiger partial charge in [0.15, 0.2) is 11.5 Å². The summed E-state index contributed by atoms with van der Waals surface area (Å²) in [6, 6.07) is 14.7. The molecule has 0 aliphatic heterocycles. The SMILES string of the molecule is CNC(=O)C(C)N(Cc1ccccc1F)C(=O)CN(c1ccc(Cl)cc1)S(=O)(=O)c1ccc(OC)c(OC)c1. The zero-order valence-corrected chi connectivity index (χ0v) is 23.4. The number of likely N-dealkylation sites (N-methyl/N-ethyl adjacent to an activating group) is 1. The van der Waals surface area contributed by atoms with Crippen molar-refractivity contribution in [1.29, 1.82) is 0 Å². The van der Waals surface area contributed by atoms with Crippen LogP contribution in [-0.4, -0.2) is 59.0 Å². The molecule has 0 saturated heterocycles. The van der Waals surface area contributed by atoms with Crippen LogP contribution >= 0.6 is 11.6 Å². The first-order valence-electron chi connectivity index (χ1n) is 11.8. The molecular weight excluding hydrogens is 549 g/mol. The molecule has 0 fully saturated rings. The predicted molar refractivity (Wildman–Crippen MR) is 146 cm³/mol. The van der Waals surface area contributed by atoms with E-state index in [2.05, 4.69) is 5.32 Å². The second-order valence-electron chi connectivity index (χ2n) is 8.41. The Kier molecular flexibility index (Phi) is 9.76. The molecule has 0 bridgehead atoms. The van der Waals surface area contributed by atoms with Crippen LogP contribution in [0.5, 0.6) is 11.5 Å². The summed E-state index contributed by atoms with van der Waals surface area (Å²) in [4.78, 5) is 27.2. The van der Waals surface area contributed by atoms with Gasteiger partial charge in [-0.25, -0.2) is 12.8 Å². The maximum absolute atomic E-state index is 14.5. The molecule has 2 amide bonds. The molecule has 1 unspecified atom stereocenters. The van der Waals surface area contributed by atoms with E-state index in [1.807, 2.05) is 0 Å². The van der Waals surface area contributed by atoms with E-state index in [-0.39, 0.29) is 28.4 Å². The van der Waals surface area contributed by atoms with Gasteiger partial charge < -0.3 is 19.7 Å². The van der Waals surface area contributed by atoms with Crippen LogP contribution in [0.25, 0.3) is 0 Å². The number of nitrogens with zero attached hydrogens (tertiary/aromatic N) is 2. The van der Waals surface area contributed by atoms with Gasteiger partial charge in [0.25, 0.3) is 10.0 Å². The summed E-state index contributed by atoms with van der Waals surface area (Å²) in [5.41, 5.74) is 0.323. The third-order valence-electron chi connectivity index (χ3n) is 6.05. The van der Waals surface area contributed by atoms with E-state index in [1.165, 1.54) is 88.9 Å². The van der Waals surface area contributed by atoms with Gasteiger partial charge in [0.05, 0.1) is 24.8 Å². The van der Waals surface area contributed by atoms with Gasteiger partial charge in [-0.15, -0.1) is 0 Å². The second kappa shape index (κ2) is 12.8. The number of anilines is 1. The average molecular weight is 578 g/mol. The highest BCUT2D eigenvalue weighted by molar-refractivity contribution is 7.92. The molecule has 0 aliphatic rings. The van der Waals surface area contributed by atoms with Crippen molar-refractivity contribution < 1.29 is 31.9 Å². The van der Waals surface area contributed by atoms with Crippen molar-refractivity contribution in [2.75, 3.05) is 32.1 Å². The number of sulfonamides is 1. The zero-order valence-electron chi connectivity index (χ0n) is 21.9. The van der Waals surface area contributed by atoms with Crippen molar-refractivity contribution in [3.63, 3.8) is 0 Å². The molecule has 3 aromatic rings. The summed E-state index contributed by atoms with van der Waals surface area (Å²) in [6.45, 7) is 0.534. The van der Waals surface area contributed by atoms with E-state index in [1.54, 1.807) is 6.07 Å². The van der Waals surface area contributed by atoms with Crippen LogP contribution in [0.15, 0.2) is 71.6 Å². The number of halogens is 2. The lowest BCUT2D eigenvalue weighted by molar-refractivity contribution is -0.139. The Bertz CT molecular complexity index is 1440. The third-order valence-corrected chi connectivity index (χ3v) is 8.07. The van der Waals surface area contributed by atoms with E-state index in [4.69, 9.17) is 21.1 Å². The summed E-state index contributed by atoms with van der Waals surface area (Å²) < 4.78 is 53.7. The van der Waals surface area contributed by atoms with Gasteiger partial charge in [0.1, 0.15) is 18.4 Å². The minimum absolute atomic E-state index is 0.154. The van der Waals surface area contributed by atoms with E-state index in [0.29, 0.717) is 10.8 Å². The number of rotatable bonds is 11. The number of carbonyl (C=O) groups is 2. The van der Waals surface area contributed by atoms with Crippen molar-refractivity contribution >= 4 is 39.1 Å². The van der Waals surface area contributed by atoms with Gasteiger partial charge in [-0.3, -0.25) is 13.9 Å². The molecule has 1 atom stereocenters. The summed E-state index contributed by atoms with van der Waals surface area (Å²) in [5.74, 6) is -1.29. The molecule has 0 aliphatic carbocycles. The number of benzene rings is 3. The van der Waals surface area contributed by atoms with Crippen LogP contribution in [0, 0.1) is 5.82 Å². The number of amides is 2. The zero-order chi connectivity index (χ0) is 28.7. The first-order chi connectivity index (χ1) is 18.5. The first-order valence-corrected chi connectivity index (χ1v) is 13.6. The van der Waals surface area contributed by atoms with E-state index in [9.17, 15) is 22.4 Å². The van der Waals surface area contributed by atoms with Gasteiger partial charge in [0.2, 0.25) is 11.8 Å². The second-order valence-corrected chi connectivity index (χ2v) is 10.7. The van der Waals surface area contributed by atoms with Crippen molar-refractivity contribution in [3.05, 3.63) is 83.1 Å². The molecule has 208 valence electrons. The fraction of sp³-hybridized carbons (Fsp3) is 0.259. The molecule has 0 saturated carbocycles. The lowest BCUT2D eigenvalue weighted by atomic mass is 10.1. The highest BCUT2D eigenvalue weighted by Gasteiger charge is 2.33. The minimum Gasteiger partial charge on any atom is -0.493 e. The molecule has 0 heterocycles. The van der Waals surface area contributed by atoms with E-state index in [0.717, 1.165) is 9.21 Å². The van der Waals surface area contributed by atoms with Crippen molar-refractivity contribution in [3.8, 4) is 11.5 Å². The summed E-state index contributed by atoms with van der Waals surface area (Å²) >= 11 is 6.02. The quantitative estimate of drug-likeness (QED) is 0.371. The highest BCUT2D eigenvalue weighted by Crippen LogP contribution is 2.32. The number of carbonyl (C=O) groups excluding carboxylic acids is 2. The lowest BCUT2D eigenvalue weighted by Gasteiger charge is -2.32. The van der Waals surface area contributed by atoms with Gasteiger partial charge in [-0.05, 0) is 49.4 Å². The van der Waals surface area contributed by atoms with Crippen molar-refractivity contribution in [2.45, 2.75) is 24.4 Å². The third kappa shape index (κ3) is 6.79. The van der Waals surface area contributed by atoms with Crippen LogP contribution in [-0.2, 0) is 26.2 Å². The molecular formula is C27H29ClFN3O6S. The molecule has 3 aromatic carbocycles. The largest absolute Gasteiger partial charge is 0.493 e. The van der Waals surface area contributed by atoms with Gasteiger partial charge in [0, 0.05) is 30.2 Å². The van der Waals surface area contributed by atoms with Crippen LogP contribution in [0.2, 0.25) is 5.02 Å². The summed E-state index contributed by atoms with van der Waals surface area (Å²) in [5, 5.41) is 2.84. The van der Waals surface area contributed by atoms with Gasteiger partial charge >= 0.3 is 0 Å². The molecule has 0 radical (unpaired) electrons. The molecule has 0 spiro atoms. The Morgan fingerprint density at radius 3 is 2.23 bits per heavy atom. The van der Waals surface area contributed by atoms with Gasteiger partial charge in [-0.1, -0.05) is 29.8 Å². The lowest BCUT2D eigenvalue weighted by Crippen LogP contribution is -2.50. The Hall–Kier alpha value is -3.83. The Morgan fingerprint density at radius 1 is 1.00 bits per heavy atom. The monoisotopic (exact) mass is 577 g/mol. The van der Waals surface area contributed by atoms with Crippen LogP contribution in [0.4, 0.5) is 10.1 Å². The number of hydrogen-bond acceptors (Lipinski definition) is 6. The number of methoxy groups -OCH3 is 2. The van der Waals surface area contributed by atoms with E-state index < -0.39 is 40.2 Å². The highest BCUT2D eigenvalue weighted by atomic mass is 35.5. The van der Waals surface area contributed by atoms with Crippen molar-refractivity contribution in [2.24, 2.45) is 0 Å². The molecule has 1 N–H and O–H groups in total. The maximum atomic E-state index is 14.5. The number of ether oxygens (including phenoxy) is 2. The average Bonchev–Trinajstić information content (AvgIpc) is 2.94. The van der Waals surface area contributed by atoms with Crippen LogP contribution < -0.4 is 19.1 Å². The normalized spacial score (nSPS) is 11.8. The van der Waals surface area contributed by atoms with Crippen LogP contribution in [0.1, 0.15) is 12.5 Å². The summed E-state index contributed by atoms with van der Waals surface area (Å²) in [6.07, 6.45) is 0. The molecule has 3 rings (SSSR count). The minimum atomic E-state index is -4.35. The Morgan fingerprint density at radius 2 is 1.64 bits per heavy atom. The topological polar surface area (TPSA) is 105 Å². The van der Waals surface area contributed by atoms with Gasteiger partial charge in [-0.2, -0.15) is 0 Å². The smallest absolute Gasteiger partial charge is 0.264 e. The molecule has 9 nitrogen and oxygen atoms in total. The van der Waals surface area contributed by atoms with Crippen LogP contribution in [0.3, 0.4) is 0 Å². The molecule has 39 heavy (non-hydrogen) atoms. The first kappa shape index (κ1) is 29.7. The fourth-order valence-corrected chi connectivity index (χ4v) is 5.40. The van der Waals surface area contributed by atoms with E-state index >= 15 is 0 Å². The maximum Gasteiger partial charge on any atom is 0.264 e. The Labute approximate surface area is 232 Å². The molecule has 0 aromatic heterocycles. The standard InChI is InChI=1S/C27H29ClFN3O6S/c1-18(27(34)30-2)31(16-19-7-5-6-8-23(19)29)26(33)17-32(21-11-9-20(28)10-12-21)39(35,36)22-13-14-24(37-3)25(15-22)38-4/h5-15,18H,16-17H2,1-4H3,(H,30,34). The molecule has 12 heteroatoms. The predicted octanol–water partition coefficient (Wildman–Crippen LogP) is 3.85. The fourth-order valence-electron chi connectivity index (χ4n) is 3.84. The van der Waals surface area contributed by atoms with Crippen molar-refractivity contribution in [1.82, 2.24) is 10.2 Å². The summed E-state index contributed by atoms with van der Waals surface area (Å²) in [7, 11) is -0.155. The number of hydrogen-bond donors (Lipinski definition) is 1.